The summed E-state index contributed by atoms with van der Waals surface area (Å²) < 4.78 is 69.8. The Morgan fingerprint density at radius 2 is 0.903 bits per heavy atom. The number of rotatable bonds is 29. The lowest BCUT2D eigenvalue weighted by Gasteiger charge is -2.50. The zero-order valence-electron chi connectivity index (χ0n) is 49.8. The summed E-state index contributed by atoms with van der Waals surface area (Å²) in [6.07, 6.45) is -67.3. The van der Waals surface area contributed by atoms with Crippen molar-refractivity contribution in [3.8, 4) is 0 Å². The zero-order chi connectivity index (χ0) is 69.4. The van der Waals surface area contributed by atoms with Gasteiger partial charge in [-0.2, -0.15) is 0 Å². The smallest absolute Gasteiger partial charge is 0.364 e. The summed E-state index contributed by atoms with van der Waals surface area (Å²) in [6, 6.07) is -5.65. The fourth-order valence-corrected chi connectivity index (χ4v) is 11.3. The topological polar surface area (TPSA) is 680 Å². The van der Waals surface area contributed by atoms with Crippen LogP contribution in [0.2, 0.25) is 0 Å². The Morgan fingerprint density at radius 3 is 1.38 bits per heavy atom. The highest BCUT2D eigenvalue weighted by Gasteiger charge is 2.60. The van der Waals surface area contributed by atoms with Gasteiger partial charge in [-0.25, -0.2) is 4.79 Å². The van der Waals surface area contributed by atoms with Crippen LogP contribution in [0.4, 0.5) is 0 Å². The van der Waals surface area contributed by atoms with Gasteiger partial charge in [0.2, 0.25) is 17.7 Å². The fourth-order valence-electron chi connectivity index (χ4n) is 11.3. The lowest BCUT2D eigenvalue weighted by atomic mass is 9.88. The van der Waals surface area contributed by atoms with E-state index >= 15 is 0 Å². The molecule has 26 N–H and O–H groups in total. The number of carboxylic acids is 1. The van der Waals surface area contributed by atoms with Crippen molar-refractivity contribution in [2.75, 3.05) is 52.9 Å². The van der Waals surface area contributed by atoms with Crippen LogP contribution < -0.4 is 16.0 Å². The molecule has 42 nitrogen and oxygen atoms in total. The van der Waals surface area contributed by atoms with Gasteiger partial charge in [0.1, 0.15) is 165 Å². The minimum absolute atomic E-state index is 0.874. The molecule has 0 aromatic heterocycles. The second-order valence-corrected chi connectivity index (χ2v) is 23.0. The number of hydrogen-bond donors (Lipinski definition) is 26. The molecule has 0 spiro atoms. The third-order valence-corrected chi connectivity index (χ3v) is 16.3. The first-order chi connectivity index (χ1) is 43.7. The number of carbonyl (C=O) groups excluding carboxylic acids is 3. The molecule has 0 saturated carbocycles. The van der Waals surface area contributed by atoms with Crippen LogP contribution in [0.15, 0.2) is 0 Å². The number of hydrogen-bond acceptors (Lipinski definition) is 38. The Labute approximate surface area is 526 Å². The zero-order valence-corrected chi connectivity index (χ0v) is 49.8. The first-order valence-corrected chi connectivity index (χ1v) is 29.2. The van der Waals surface area contributed by atoms with Crippen LogP contribution in [0, 0.1) is 0 Å². The largest absolute Gasteiger partial charge is 0.477 e. The first kappa shape index (κ1) is 78.5. The van der Waals surface area contributed by atoms with Crippen molar-refractivity contribution in [3.63, 3.8) is 0 Å². The Kier molecular flexibility index (Phi) is 29.0. The number of ether oxygens (including phenoxy) is 12. The van der Waals surface area contributed by atoms with E-state index in [0.29, 0.717) is 0 Å². The van der Waals surface area contributed by atoms with E-state index in [1.54, 1.807) is 0 Å². The minimum Gasteiger partial charge on any atom is -0.477 e. The third kappa shape index (κ3) is 18.1. The number of nitrogens with one attached hydrogen (secondary N) is 3. The van der Waals surface area contributed by atoms with Gasteiger partial charge in [-0.3, -0.25) is 14.4 Å². The van der Waals surface area contributed by atoms with E-state index in [1.807, 2.05) is 0 Å². The van der Waals surface area contributed by atoms with E-state index in [1.165, 1.54) is 0 Å². The number of amides is 3. The molecule has 540 valence electrons. The number of aliphatic hydroxyl groups is 22. The van der Waals surface area contributed by atoms with E-state index in [4.69, 9.17) is 56.8 Å². The summed E-state index contributed by atoms with van der Waals surface area (Å²) in [5.74, 6) is -8.14. The standard InChI is InChI=1S/C51H87N3O39/c1-13(61)52-25-16(64)4-51(50(80)81,93-43(25)29(69)18(66)6-56)83-12-24-42(91-48-38(78)36(76)31(71)21(9-59)85-48)34(74)27(54-15(3)63)46(88-24)92-44-32(72)23(87-49(39(44)79)89-40(19(67)7-57)28(68)17(65)5-55)11-82-45-26(53-14(2)62)33(73)41(22(10-60)86-45)90-47-37(77)35(75)30(70)20(8-58)84-47/h16-49,55-60,64-79H,4-12H2,1-3H3,(H,52,61)(H,53,62)(H,54,63)(H,80,81)/t16-,17-,18+,19+,20+,21+,22+,23+,24+,25+,26+,27+,28+,29+,30-,31-,32-,33+,34+,35-,36-,37+,38+,39+,40+,41+,42+,43+,44-,45+,46-,47-,48-,49-,51+/m0/s1. The molecular formula is C51H87N3O39. The van der Waals surface area contributed by atoms with Crippen LogP contribution in [0.25, 0.3) is 0 Å². The van der Waals surface area contributed by atoms with Gasteiger partial charge in [0.05, 0.1) is 65.0 Å². The predicted molar refractivity (Wildman–Crippen MR) is 286 cm³/mol. The van der Waals surface area contributed by atoms with Gasteiger partial charge in [0, 0.05) is 27.2 Å². The van der Waals surface area contributed by atoms with Gasteiger partial charge in [0.15, 0.2) is 31.5 Å². The molecule has 0 bridgehead atoms. The van der Waals surface area contributed by atoms with Crippen LogP contribution in [0.5, 0.6) is 0 Å². The second-order valence-electron chi connectivity index (χ2n) is 23.0. The Hall–Kier alpha value is -3.48. The number of aliphatic hydroxyl groups excluding tert-OH is 22. The maximum absolute atomic E-state index is 13.3. The molecular weight excluding hydrogens is 1280 g/mol. The normalized spacial score (nSPS) is 43.6. The van der Waals surface area contributed by atoms with Crippen LogP contribution in [0.3, 0.4) is 0 Å². The maximum Gasteiger partial charge on any atom is 0.364 e. The molecule has 93 heavy (non-hydrogen) atoms. The van der Waals surface area contributed by atoms with Gasteiger partial charge in [-0.15, -0.1) is 0 Å². The summed E-state index contributed by atoms with van der Waals surface area (Å²) in [7, 11) is 0. The van der Waals surface area contributed by atoms with Crippen molar-refractivity contribution in [1.82, 2.24) is 16.0 Å². The van der Waals surface area contributed by atoms with E-state index in [0.717, 1.165) is 20.8 Å². The Bertz CT molecular complexity index is 2360. The molecule has 6 aliphatic rings. The highest BCUT2D eigenvalue weighted by Crippen LogP contribution is 2.39. The van der Waals surface area contributed by atoms with Gasteiger partial charge in [-0.05, 0) is 0 Å². The Balaban J connectivity index is 1.40. The molecule has 35 atom stereocenters. The highest BCUT2D eigenvalue weighted by atomic mass is 16.8. The molecule has 3 amide bonds. The molecule has 0 aliphatic carbocycles. The van der Waals surface area contributed by atoms with E-state index in [-0.39, 0.29) is 0 Å². The molecule has 42 heteroatoms. The third-order valence-electron chi connectivity index (χ3n) is 16.3. The molecule has 0 aromatic carbocycles. The van der Waals surface area contributed by atoms with Gasteiger partial charge in [-0.1, -0.05) is 0 Å². The number of carboxylic acid groups (broad SMARTS) is 1. The average Bonchev–Trinajstić information content (AvgIpc) is 0.777. The van der Waals surface area contributed by atoms with Crippen molar-refractivity contribution in [1.29, 1.82) is 0 Å². The lowest BCUT2D eigenvalue weighted by Crippen LogP contribution is -2.70. The Morgan fingerprint density at radius 1 is 0.462 bits per heavy atom. The highest BCUT2D eigenvalue weighted by molar-refractivity contribution is 5.77. The van der Waals surface area contributed by atoms with Crippen LogP contribution in [-0.4, -0.2) is 408 Å². The van der Waals surface area contributed by atoms with Crippen molar-refractivity contribution in [2.45, 2.75) is 241 Å². The molecule has 6 aliphatic heterocycles. The summed E-state index contributed by atoms with van der Waals surface area (Å²) >= 11 is 0. The van der Waals surface area contributed by atoms with Crippen LogP contribution >= 0.6 is 0 Å². The predicted octanol–water partition coefficient (Wildman–Crippen LogP) is -17.0. The second kappa shape index (κ2) is 34.3. The van der Waals surface area contributed by atoms with Crippen molar-refractivity contribution >= 4 is 23.7 Å². The summed E-state index contributed by atoms with van der Waals surface area (Å²) in [5.41, 5.74) is 0. The molecule has 6 rings (SSSR count). The summed E-state index contributed by atoms with van der Waals surface area (Å²) in [4.78, 5) is 51.3. The monoisotopic (exact) mass is 1370 g/mol. The van der Waals surface area contributed by atoms with Gasteiger partial charge in [0.25, 0.3) is 5.79 Å². The summed E-state index contributed by atoms with van der Waals surface area (Å²) in [5, 5.41) is 255. The van der Waals surface area contributed by atoms with Gasteiger partial charge < -0.3 is 190 Å². The quantitative estimate of drug-likeness (QED) is 0.0331. The van der Waals surface area contributed by atoms with E-state index in [9.17, 15) is 137 Å². The van der Waals surface area contributed by atoms with E-state index in [2.05, 4.69) is 16.0 Å². The lowest BCUT2D eigenvalue weighted by molar-refractivity contribution is -0.382. The number of aliphatic carboxylic acids is 1. The molecule has 0 aromatic rings. The van der Waals surface area contributed by atoms with Crippen molar-refractivity contribution in [3.05, 3.63) is 0 Å². The van der Waals surface area contributed by atoms with Crippen LogP contribution in [0.1, 0.15) is 27.2 Å². The summed E-state index contributed by atoms with van der Waals surface area (Å²) in [6.45, 7) is -6.38. The average molecular weight is 1370 g/mol. The first-order valence-electron chi connectivity index (χ1n) is 29.2. The minimum atomic E-state index is -3.22. The fraction of sp³-hybridized carbons (Fsp3) is 0.922. The van der Waals surface area contributed by atoms with E-state index < -0.39 is 297 Å². The molecule has 6 saturated heterocycles. The SMILES string of the molecule is CC(=O)N[C@H]1[C@H](OC[C@H]2O[C@@H](O[C@@H]([C@H](O)[C@@H](O)CO)[C@H](O)CO)[C@H](O)[C@@H](O[C@@H]3O[C@H](CO[C@]4(C(=O)O)C[C@H](O)[C@@H](NC(C)=O)[C@H]([C@H](O)[C@H](O)CO)O4)[C@@H](O[C@@H]4O[C@H](CO)[C@H](O)[C@H](O)[C@H]4O)[C@H](O)[C@H]3NC(C)=O)[C@H]2O)O[C@H](CO)[C@@H](O[C@@H]2O[C@H](CO)[C@H](O)[C@H](O)[C@H]2O)[C@@H]1O. The molecule has 6 fully saturated rings. The van der Waals surface area contributed by atoms with Gasteiger partial charge >= 0.3 is 5.97 Å². The molecule has 0 radical (unpaired) electrons. The maximum atomic E-state index is 13.3. The van der Waals surface area contributed by atoms with Crippen molar-refractivity contribution in [2.24, 2.45) is 0 Å². The van der Waals surface area contributed by atoms with Crippen molar-refractivity contribution < 1.29 is 193 Å². The van der Waals surface area contributed by atoms with Crippen LogP contribution in [-0.2, 0) is 76.0 Å². The molecule has 6 heterocycles. The molecule has 0 unspecified atom stereocenters. The number of carbonyl (C=O) groups is 4.